The van der Waals surface area contributed by atoms with Crippen molar-refractivity contribution in [3.63, 3.8) is 0 Å². The number of hydrogen-bond donors (Lipinski definition) is 2. The Morgan fingerprint density at radius 3 is 2.50 bits per heavy atom. The Morgan fingerprint density at radius 2 is 1.83 bits per heavy atom. The minimum Gasteiger partial charge on any atom is -0.308 e. The second kappa shape index (κ2) is 6.80. The average Bonchev–Trinajstić information content (AvgIpc) is 2.98. The highest BCUT2D eigenvalue weighted by Crippen LogP contribution is 2.24. The number of benzene rings is 2. The molecule has 2 aromatic carbocycles. The molecule has 122 valence electrons. The molecular weight excluding hydrogens is 325 g/mol. The Morgan fingerprint density at radius 1 is 1.08 bits per heavy atom. The molecule has 0 bridgehead atoms. The van der Waals surface area contributed by atoms with E-state index in [-0.39, 0.29) is 5.82 Å². The van der Waals surface area contributed by atoms with Gasteiger partial charge in [-0.05, 0) is 43.7 Å². The molecule has 0 aliphatic heterocycles. The Labute approximate surface area is 143 Å². The lowest BCUT2D eigenvalue weighted by atomic mass is 10.1. The number of aromatic nitrogens is 1. The van der Waals surface area contributed by atoms with Crippen LogP contribution < -0.4 is 10.6 Å². The largest absolute Gasteiger partial charge is 0.323 e. The molecule has 0 atom stereocenters. The number of urea groups is 1. The standard InChI is InChI=1S/C18H16FN3OS/c1-11-6-7-15(9-16(11)19)22-18(23)21-14-5-3-4-13(8-14)17-10-24-12(2)20-17/h3-10H,1-2H3,(H2,21,22,23). The van der Waals surface area contributed by atoms with Crippen molar-refractivity contribution in [2.75, 3.05) is 10.6 Å². The van der Waals surface area contributed by atoms with E-state index in [1.807, 2.05) is 30.5 Å². The first-order chi connectivity index (χ1) is 11.5. The van der Waals surface area contributed by atoms with Gasteiger partial charge in [0.15, 0.2) is 0 Å². The van der Waals surface area contributed by atoms with Gasteiger partial charge in [0.25, 0.3) is 0 Å². The number of rotatable bonds is 3. The number of aryl methyl sites for hydroxylation is 2. The summed E-state index contributed by atoms with van der Waals surface area (Å²) < 4.78 is 13.5. The molecule has 0 saturated carbocycles. The minimum atomic E-state index is -0.426. The summed E-state index contributed by atoms with van der Waals surface area (Å²) in [4.78, 5) is 16.5. The number of amides is 2. The quantitative estimate of drug-likeness (QED) is 0.687. The van der Waals surface area contributed by atoms with Gasteiger partial charge in [-0.1, -0.05) is 18.2 Å². The third kappa shape index (κ3) is 3.78. The summed E-state index contributed by atoms with van der Waals surface area (Å²) in [6, 6.07) is 11.6. The Balaban J connectivity index is 1.71. The predicted octanol–water partition coefficient (Wildman–Crippen LogP) is 5.21. The monoisotopic (exact) mass is 341 g/mol. The van der Waals surface area contributed by atoms with Gasteiger partial charge >= 0.3 is 6.03 Å². The van der Waals surface area contributed by atoms with Crippen LogP contribution in [0.15, 0.2) is 47.8 Å². The second-order valence-corrected chi connectivity index (χ2v) is 6.44. The highest BCUT2D eigenvalue weighted by molar-refractivity contribution is 7.09. The number of carbonyl (C=O) groups excluding carboxylic acids is 1. The SMILES string of the molecule is Cc1nc(-c2cccc(NC(=O)Nc3ccc(C)c(F)c3)c2)cs1. The Kier molecular flexibility index (Phi) is 4.57. The Bertz CT molecular complexity index is 891. The molecule has 6 heteroatoms. The maximum absolute atomic E-state index is 13.5. The van der Waals surface area contributed by atoms with E-state index in [1.54, 1.807) is 36.5 Å². The maximum Gasteiger partial charge on any atom is 0.323 e. The molecule has 4 nitrogen and oxygen atoms in total. The fourth-order valence-corrected chi connectivity index (χ4v) is 2.84. The number of carbonyl (C=O) groups is 1. The smallest absolute Gasteiger partial charge is 0.308 e. The zero-order chi connectivity index (χ0) is 17.1. The van der Waals surface area contributed by atoms with Crippen LogP contribution in [0.1, 0.15) is 10.6 Å². The zero-order valence-corrected chi connectivity index (χ0v) is 14.1. The summed E-state index contributed by atoms with van der Waals surface area (Å²) in [5.74, 6) is -0.353. The van der Waals surface area contributed by atoms with E-state index in [2.05, 4.69) is 15.6 Å². The number of nitrogens with one attached hydrogen (secondary N) is 2. The fraction of sp³-hybridized carbons (Fsp3) is 0.111. The normalized spacial score (nSPS) is 10.5. The molecule has 0 radical (unpaired) electrons. The van der Waals surface area contributed by atoms with Crippen LogP contribution in [0.5, 0.6) is 0 Å². The summed E-state index contributed by atoms with van der Waals surface area (Å²) in [7, 11) is 0. The van der Waals surface area contributed by atoms with E-state index in [0.29, 0.717) is 16.9 Å². The van der Waals surface area contributed by atoms with Gasteiger partial charge in [0.1, 0.15) is 5.82 Å². The van der Waals surface area contributed by atoms with E-state index in [0.717, 1.165) is 16.3 Å². The summed E-state index contributed by atoms with van der Waals surface area (Å²) >= 11 is 1.58. The van der Waals surface area contributed by atoms with E-state index in [9.17, 15) is 9.18 Å². The molecule has 2 amide bonds. The number of nitrogens with zero attached hydrogens (tertiary/aromatic N) is 1. The third-order valence-electron chi connectivity index (χ3n) is 3.46. The second-order valence-electron chi connectivity index (χ2n) is 5.38. The van der Waals surface area contributed by atoms with Gasteiger partial charge < -0.3 is 10.6 Å². The van der Waals surface area contributed by atoms with Gasteiger partial charge in [-0.25, -0.2) is 14.2 Å². The van der Waals surface area contributed by atoms with Gasteiger partial charge in [0.2, 0.25) is 0 Å². The van der Waals surface area contributed by atoms with Gasteiger partial charge in [-0.2, -0.15) is 0 Å². The molecule has 1 aromatic heterocycles. The lowest BCUT2D eigenvalue weighted by Gasteiger charge is -2.09. The van der Waals surface area contributed by atoms with Crippen LogP contribution in [0.2, 0.25) is 0 Å². The molecule has 0 fully saturated rings. The van der Waals surface area contributed by atoms with E-state index >= 15 is 0 Å². The average molecular weight is 341 g/mol. The zero-order valence-electron chi connectivity index (χ0n) is 13.3. The molecule has 3 rings (SSSR count). The molecule has 0 aliphatic carbocycles. The van der Waals surface area contributed by atoms with Crippen molar-refractivity contribution >= 4 is 28.7 Å². The fourth-order valence-electron chi connectivity index (χ4n) is 2.22. The predicted molar refractivity (Wildman–Crippen MR) is 96.1 cm³/mol. The minimum absolute atomic E-state index is 0.353. The molecule has 3 aromatic rings. The van der Waals surface area contributed by atoms with Crippen LogP contribution in [0.25, 0.3) is 11.3 Å². The molecule has 0 saturated heterocycles. The highest BCUT2D eigenvalue weighted by atomic mass is 32.1. The molecule has 24 heavy (non-hydrogen) atoms. The van der Waals surface area contributed by atoms with E-state index in [1.165, 1.54) is 6.07 Å². The Hall–Kier alpha value is -2.73. The number of anilines is 2. The third-order valence-corrected chi connectivity index (χ3v) is 4.24. The van der Waals surface area contributed by atoms with Crippen LogP contribution in [-0.2, 0) is 0 Å². The van der Waals surface area contributed by atoms with E-state index < -0.39 is 6.03 Å². The van der Waals surface area contributed by atoms with Crippen molar-refractivity contribution in [3.8, 4) is 11.3 Å². The van der Waals surface area contributed by atoms with Crippen LogP contribution in [0.3, 0.4) is 0 Å². The number of halogens is 1. The topological polar surface area (TPSA) is 54.0 Å². The number of hydrogen-bond acceptors (Lipinski definition) is 3. The summed E-state index contributed by atoms with van der Waals surface area (Å²) in [5, 5.41) is 8.33. The van der Waals surface area contributed by atoms with Gasteiger partial charge in [0, 0.05) is 22.3 Å². The van der Waals surface area contributed by atoms with Crippen molar-refractivity contribution in [3.05, 3.63) is 64.2 Å². The van der Waals surface area contributed by atoms with Crippen LogP contribution in [-0.4, -0.2) is 11.0 Å². The van der Waals surface area contributed by atoms with Gasteiger partial charge in [0.05, 0.1) is 10.7 Å². The van der Waals surface area contributed by atoms with Crippen molar-refractivity contribution in [1.82, 2.24) is 4.98 Å². The molecule has 1 heterocycles. The lowest BCUT2D eigenvalue weighted by molar-refractivity contribution is 0.262. The number of thiazole rings is 1. The molecule has 0 spiro atoms. The van der Waals surface area contributed by atoms with Crippen molar-refractivity contribution in [2.24, 2.45) is 0 Å². The van der Waals surface area contributed by atoms with Crippen molar-refractivity contribution in [1.29, 1.82) is 0 Å². The molecular formula is C18H16FN3OS. The van der Waals surface area contributed by atoms with Crippen molar-refractivity contribution in [2.45, 2.75) is 13.8 Å². The molecule has 2 N–H and O–H groups in total. The van der Waals surface area contributed by atoms with Crippen LogP contribution in [0, 0.1) is 19.7 Å². The first-order valence-corrected chi connectivity index (χ1v) is 8.26. The van der Waals surface area contributed by atoms with Crippen LogP contribution >= 0.6 is 11.3 Å². The van der Waals surface area contributed by atoms with Crippen LogP contribution in [0.4, 0.5) is 20.6 Å². The molecule has 0 aliphatic rings. The van der Waals surface area contributed by atoms with E-state index in [4.69, 9.17) is 0 Å². The first kappa shape index (κ1) is 16.1. The lowest BCUT2D eigenvalue weighted by Crippen LogP contribution is -2.19. The van der Waals surface area contributed by atoms with Crippen molar-refractivity contribution < 1.29 is 9.18 Å². The van der Waals surface area contributed by atoms with Gasteiger partial charge in [-0.15, -0.1) is 11.3 Å². The molecule has 0 unspecified atom stereocenters. The summed E-state index contributed by atoms with van der Waals surface area (Å²) in [6.45, 7) is 3.62. The highest BCUT2D eigenvalue weighted by Gasteiger charge is 2.07. The maximum atomic E-state index is 13.5. The summed E-state index contributed by atoms with van der Waals surface area (Å²) in [6.07, 6.45) is 0. The first-order valence-electron chi connectivity index (χ1n) is 7.38. The van der Waals surface area contributed by atoms with Gasteiger partial charge in [-0.3, -0.25) is 0 Å². The summed E-state index contributed by atoms with van der Waals surface area (Å²) in [5.41, 5.74) is 3.39.